The summed E-state index contributed by atoms with van der Waals surface area (Å²) in [7, 11) is 0. The number of thioether (sulfide) groups is 1. The molecular formula is C24H34N2OS. The topological polar surface area (TPSA) is 33.6 Å². The molecule has 0 radical (unpaired) electrons. The molecule has 3 unspecified atom stereocenters. The summed E-state index contributed by atoms with van der Waals surface area (Å²) in [6.45, 7) is 4.64. The second-order valence-electron chi connectivity index (χ2n) is 9.06. The molecule has 4 aliphatic heterocycles. The smallest absolute Gasteiger partial charge is 0.196 e. The van der Waals surface area contributed by atoms with Crippen molar-refractivity contribution in [1.29, 1.82) is 0 Å². The molecule has 1 aliphatic carbocycles. The minimum atomic E-state index is -2.21. The predicted molar refractivity (Wildman–Crippen MR) is 118 cm³/mol. The van der Waals surface area contributed by atoms with Crippen LogP contribution in [0.4, 0.5) is 0 Å². The van der Waals surface area contributed by atoms with Gasteiger partial charge in [-0.1, -0.05) is 26.8 Å². The Kier molecular flexibility index (Phi) is 3.70. The maximum atomic E-state index is 8.73. The summed E-state index contributed by atoms with van der Waals surface area (Å²) in [5, 5.41) is 3.97. The van der Waals surface area contributed by atoms with Gasteiger partial charge in [0, 0.05) is 42.2 Å². The van der Waals surface area contributed by atoms with Crippen molar-refractivity contribution in [2.45, 2.75) is 77.2 Å². The molecule has 3 nitrogen and oxygen atoms in total. The average molecular weight is 404 g/mol. The highest BCUT2D eigenvalue weighted by Gasteiger charge is 2.46. The third-order valence-electron chi connectivity index (χ3n) is 6.79. The number of nitrogens with one attached hydrogen (secondary N) is 1. The van der Waals surface area contributed by atoms with E-state index >= 15 is 0 Å². The molecule has 1 N–H and O–H groups in total. The van der Waals surface area contributed by atoms with E-state index in [2.05, 4.69) is 17.2 Å². The van der Waals surface area contributed by atoms with E-state index in [1.165, 1.54) is 16.1 Å². The molecule has 6 atom stereocenters. The third-order valence-corrected chi connectivity index (χ3v) is 8.15. The lowest BCUT2D eigenvalue weighted by atomic mass is 9.77. The molecule has 5 aliphatic rings. The van der Waals surface area contributed by atoms with Crippen LogP contribution >= 0.6 is 11.8 Å². The highest BCUT2D eigenvalue weighted by molar-refractivity contribution is 8.03. The van der Waals surface area contributed by atoms with Gasteiger partial charge in [-0.3, -0.25) is 0 Å². The molecule has 0 amide bonds. The van der Waals surface area contributed by atoms with E-state index in [0.717, 1.165) is 38.0 Å². The first kappa shape index (κ1) is 14.1. The normalized spacial score (nSPS) is 43.3. The number of ether oxygens (including phenoxy) is 1. The maximum absolute atomic E-state index is 8.73. The Morgan fingerprint density at radius 1 is 1.43 bits per heavy atom. The van der Waals surface area contributed by atoms with E-state index in [1.54, 1.807) is 6.08 Å². The fourth-order valence-electron chi connectivity index (χ4n) is 5.56. The lowest BCUT2D eigenvalue weighted by molar-refractivity contribution is 0.146. The number of hydrogen-bond donors (Lipinski definition) is 1. The fourth-order valence-corrected chi connectivity index (χ4v) is 7.00. The van der Waals surface area contributed by atoms with Crippen LogP contribution in [0.1, 0.15) is 66.5 Å². The summed E-state index contributed by atoms with van der Waals surface area (Å²) in [4.78, 5) is 5.83. The van der Waals surface area contributed by atoms with Crippen molar-refractivity contribution >= 4 is 17.5 Å². The highest BCUT2D eigenvalue weighted by Crippen LogP contribution is 2.51. The summed E-state index contributed by atoms with van der Waals surface area (Å²) < 4.78 is 46.9. The molecule has 4 heteroatoms. The van der Waals surface area contributed by atoms with Crippen LogP contribution in [-0.4, -0.2) is 29.8 Å². The summed E-state index contributed by atoms with van der Waals surface area (Å²) >= 11 is 1.86. The molecule has 28 heavy (non-hydrogen) atoms. The van der Waals surface area contributed by atoms with Gasteiger partial charge in [0.05, 0.1) is 0 Å². The molecule has 0 aromatic carbocycles. The van der Waals surface area contributed by atoms with Gasteiger partial charge in [-0.2, -0.15) is 0 Å². The van der Waals surface area contributed by atoms with Gasteiger partial charge in [0.1, 0.15) is 5.76 Å². The molecule has 0 bridgehead atoms. The lowest BCUT2D eigenvalue weighted by Crippen LogP contribution is -2.39. The number of dihydropyridines is 1. The Hall–Kier alpha value is -1.00. The predicted octanol–water partition coefficient (Wildman–Crippen LogP) is 5.46. The highest BCUT2D eigenvalue weighted by atomic mass is 32.2. The van der Waals surface area contributed by atoms with Crippen molar-refractivity contribution in [1.82, 2.24) is 5.32 Å². The molecule has 0 aromatic rings. The van der Waals surface area contributed by atoms with Crippen molar-refractivity contribution in [3.63, 3.8) is 0 Å². The Morgan fingerprint density at radius 2 is 2.32 bits per heavy atom. The summed E-state index contributed by atoms with van der Waals surface area (Å²) in [6, 6.07) is 0.195. The van der Waals surface area contributed by atoms with Crippen molar-refractivity contribution in [2.75, 3.05) is 6.54 Å². The largest absolute Gasteiger partial charge is 0.472 e. The molecule has 0 saturated carbocycles. The van der Waals surface area contributed by atoms with Gasteiger partial charge in [-0.25, -0.2) is 4.99 Å². The van der Waals surface area contributed by atoms with Crippen molar-refractivity contribution in [2.24, 2.45) is 28.7 Å². The van der Waals surface area contributed by atoms with E-state index in [-0.39, 0.29) is 40.7 Å². The standard InChI is InChI=1S/C24H34N2OS/c1-13(2)10-19-15(4)28-22-11-21(25-12-20(19)22)18-7-5-6-16-17-9-8-14(3)26-24(17)27-23(16)18/h8-9,13,15-17,19,21,24-25H,5-7,10-12H2,1-4H3/t15-,16?,17?,19+,21+,24?/m0/s1/i3D3,10D2. The Bertz CT molecular complexity index is 951. The summed E-state index contributed by atoms with van der Waals surface area (Å²) in [6.07, 6.45) is 6.05. The molecule has 5 rings (SSSR count). The van der Waals surface area contributed by atoms with Crippen LogP contribution in [0.15, 0.2) is 39.0 Å². The Balaban J connectivity index is 1.40. The van der Waals surface area contributed by atoms with Crippen LogP contribution in [-0.2, 0) is 4.74 Å². The van der Waals surface area contributed by atoms with Crippen LogP contribution in [0.3, 0.4) is 0 Å². The number of fused-ring (bicyclic) bond motifs is 3. The van der Waals surface area contributed by atoms with E-state index in [1.807, 2.05) is 31.7 Å². The van der Waals surface area contributed by atoms with E-state index in [0.29, 0.717) is 0 Å². The van der Waals surface area contributed by atoms with Gasteiger partial charge in [-0.05, 0) is 72.9 Å². The second kappa shape index (κ2) is 7.36. The SMILES string of the molecule is [2H]C([2H])([2H])C1=NC2OC3=C([C@H]4CC5=C(CN4)[C@H](C([2H])([2H])C(C)C)[C@H](C)S5)CCCC3C2C=C1. The second-order valence-corrected chi connectivity index (χ2v) is 10.5. The number of allylic oxidation sites excluding steroid dienone is 2. The summed E-state index contributed by atoms with van der Waals surface area (Å²) in [5.41, 5.74) is 2.71. The molecule has 152 valence electrons. The minimum Gasteiger partial charge on any atom is -0.472 e. The Labute approximate surface area is 181 Å². The molecule has 0 spiro atoms. The van der Waals surface area contributed by atoms with E-state index in [4.69, 9.17) is 11.6 Å². The van der Waals surface area contributed by atoms with Crippen molar-refractivity contribution in [3.8, 4) is 0 Å². The number of nitrogens with zero attached hydrogens (tertiary/aromatic N) is 1. The van der Waals surface area contributed by atoms with Crippen LogP contribution in [0, 0.1) is 23.7 Å². The quantitative estimate of drug-likeness (QED) is 0.679. The lowest BCUT2D eigenvalue weighted by Gasteiger charge is -2.33. The van der Waals surface area contributed by atoms with Crippen molar-refractivity contribution < 1.29 is 11.6 Å². The first-order valence-electron chi connectivity index (χ1n) is 13.3. The molecule has 1 fully saturated rings. The van der Waals surface area contributed by atoms with E-state index in [9.17, 15) is 0 Å². The summed E-state index contributed by atoms with van der Waals surface area (Å²) in [5.74, 6) is 1.34. The fraction of sp³-hybridized carbons (Fsp3) is 0.708. The molecule has 1 saturated heterocycles. The molecule has 4 heterocycles. The zero-order valence-electron chi connectivity index (χ0n) is 22.0. The van der Waals surface area contributed by atoms with E-state index < -0.39 is 19.5 Å². The van der Waals surface area contributed by atoms with Gasteiger partial charge in [0.15, 0.2) is 6.23 Å². The first-order valence-corrected chi connectivity index (χ1v) is 11.6. The van der Waals surface area contributed by atoms with Gasteiger partial charge >= 0.3 is 0 Å². The van der Waals surface area contributed by atoms with Crippen LogP contribution in [0.2, 0.25) is 0 Å². The van der Waals surface area contributed by atoms with Crippen LogP contribution < -0.4 is 5.32 Å². The average Bonchev–Trinajstić information content (AvgIpc) is 3.28. The number of hydrogen-bond acceptors (Lipinski definition) is 4. The zero-order chi connectivity index (χ0) is 23.7. The molecular weight excluding hydrogens is 364 g/mol. The zero-order valence-corrected chi connectivity index (χ0v) is 17.8. The minimum absolute atomic E-state index is 0.0252. The maximum Gasteiger partial charge on any atom is 0.196 e. The Morgan fingerprint density at radius 3 is 3.14 bits per heavy atom. The first-order chi connectivity index (χ1) is 15.5. The monoisotopic (exact) mass is 403 g/mol. The van der Waals surface area contributed by atoms with Crippen molar-refractivity contribution in [3.05, 3.63) is 34.0 Å². The van der Waals surface area contributed by atoms with Crippen LogP contribution in [0.25, 0.3) is 0 Å². The number of aliphatic imine (C=N–C) groups is 1. The van der Waals surface area contributed by atoms with Gasteiger partial charge in [0.25, 0.3) is 0 Å². The van der Waals surface area contributed by atoms with Gasteiger partial charge < -0.3 is 10.1 Å². The third kappa shape index (κ3) is 3.21. The molecule has 0 aromatic heterocycles. The van der Waals surface area contributed by atoms with Gasteiger partial charge in [0.2, 0.25) is 0 Å². The van der Waals surface area contributed by atoms with Crippen LogP contribution in [0.5, 0.6) is 0 Å². The number of rotatable bonds is 3. The van der Waals surface area contributed by atoms with Gasteiger partial charge in [-0.15, -0.1) is 11.8 Å².